The summed E-state index contributed by atoms with van der Waals surface area (Å²) in [4.78, 5) is 21.9. The number of carbonyl (C=O) groups excluding carboxylic acids is 1. The summed E-state index contributed by atoms with van der Waals surface area (Å²) in [7, 11) is 0. The highest BCUT2D eigenvalue weighted by Crippen LogP contribution is 2.16. The van der Waals surface area contributed by atoms with Crippen molar-refractivity contribution in [3.05, 3.63) is 35.1 Å². The average molecular weight is 282 g/mol. The van der Waals surface area contributed by atoms with E-state index in [-0.39, 0.29) is 24.8 Å². The number of hydrogen-bond donors (Lipinski definition) is 3. The highest BCUT2D eigenvalue weighted by atomic mass is 19.1. The molecule has 0 aliphatic heterocycles. The molecule has 0 aliphatic carbocycles. The number of carbonyl (C=O) groups is 2. The Morgan fingerprint density at radius 2 is 2.10 bits per heavy atom. The minimum Gasteiger partial charge on any atom is -0.481 e. The van der Waals surface area contributed by atoms with Crippen LogP contribution in [0.5, 0.6) is 0 Å². The van der Waals surface area contributed by atoms with E-state index >= 15 is 0 Å². The molecule has 0 fully saturated rings. The van der Waals surface area contributed by atoms with Crippen LogP contribution in [-0.4, -0.2) is 23.7 Å². The van der Waals surface area contributed by atoms with Gasteiger partial charge in [-0.3, -0.25) is 4.79 Å². The number of aryl methyl sites for hydroxylation is 1. The lowest BCUT2D eigenvalue weighted by atomic mass is 10.1. The number of aliphatic carboxylic acids is 1. The Morgan fingerprint density at radius 1 is 1.40 bits per heavy atom. The lowest BCUT2D eigenvalue weighted by molar-refractivity contribution is -0.137. The van der Waals surface area contributed by atoms with Gasteiger partial charge in [0.15, 0.2) is 0 Å². The fourth-order valence-electron chi connectivity index (χ4n) is 1.65. The van der Waals surface area contributed by atoms with E-state index in [1.165, 1.54) is 6.07 Å². The number of hydrogen-bond acceptors (Lipinski definition) is 2. The zero-order valence-electron chi connectivity index (χ0n) is 11.6. The molecule has 0 saturated heterocycles. The van der Waals surface area contributed by atoms with Crippen LogP contribution in [0.3, 0.4) is 0 Å². The van der Waals surface area contributed by atoms with Crippen molar-refractivity contribution in [2.45, 2.75) is 32.7 Å². The van der Waals surface area contributed by atoms with Gasteiger partial charge in [0.05, 0.1) is 6.04 Å². The molecule has 0 aliphatic rings. The Hall–Kier alpha value is -2.11. The quantitative estimate of drug-likeness (QED) is 0.701. The predicted octanol–water partition coefficient (Wildman–Crippen LogP) is 2.36. The number of urea groups is 1. The molecule has 20 heavy (non-hydrogen) atoms. The third-order valence-corrected chi connectivity index (χ3v) is 2.90. The van der Waals surface area contributed by atoms with Crippen LogP contribution in [0.4, 0.5) is 9.18 Å². The fourth-order valence-corrected chi connectivity index (χ4v) is 1.65. The van der Waals surface area contributed by atoms with Gasteiger partial charge in [-0.15, -0.1) is 0 Å². The molecule has 6 heteroatoms. The maximum atomic E-state index is 13.4. The summed E-state index contributed by atoms with van der Waals surface area (Å²) in [5.41, 5.74) is 1.23. The maximum absolute atomic E-state index is 13.4. The SMILES string of the molecule is Cc1ccc(C(C)NC(=O)NCCCC(=O)O)cc1F. The number of benzene rings is 1. The molecule has 1 aromatic carbocycles. The predicted molar refractivity (Wildman–Crippen MR) is 73.0 cm³/mol. The number of rotatable bonds is 6. The van der Waals surface area contributed by atoms with E-state index in [1.807, 2.05) is 0 Å². The lowest BCUT2D eigenvalue weighted by Gasteiger charge is -2.15. The highest BCUT2D eigenvalue weighted by molar-refractivity contribution is 5.74. The second-order valence-corrected chi connectivity index (χ2v) is 4.63. The summed E-state index contributed by atoms with van der Waals surface area (Å²) in [6, 6.07) is 4.08. The lowest BCUT2D eigenvalue weighted by Crippen LogP contribution is -2.37. The van der Waals surface area contributed by atoms with Gasteiger partial charge in [-0.2, -0.15) is 0 Å². The van der Waals surface area contributed by atoms with Crippen LogP contribution in [-0.2, 0) is 4.79 Å². The molecule has 110 valence electrons. The topological polar surface area (TPSA) is 78.4 Å². The molecule has 1 unspecified atom stereocenters. The molecule has 0 heterocycles. The Bertz CT molecular complexity index is 491. The van der Waals surface area contributed by atoms with Crippen molar-refractivity contribution in [1.29, 1.82) is 0 Å². The molecule has 0 saturated carbocycles. The van der Waals surface area contributed by atoms with E-state index in [9.17, 15) is 14.0 Å². The van der Waals surface area contributed by atoms with Gasteiger partial charge in [-0.25, -0.2) is 9.18 Å². The zero-order chi connectivity index (χ0) is 15.1. The normalized spacial score (nSPS) is 11.8. The van der Waals surface area contributed by atoms with Gasteiger partial charge in [-0.1, -0.05) is 12.1 Å². The van der Waals surface area contributed by atoms with Gasteiger partial charge in [0.2, 0.25) is 0 Å². The first kappa shape index (κ1) is 15.9. The van der Waals surface area contributed by atoms with Crippen LogP contribution in [0.2, 0.25) is 0 Å². The molecule has 0 spiro atoms. The van der Waals surface area contributed by atoms with Gasteiger partial charge in [0, 0.05) is 13.0 Å². The third-order valence-electron chi connectivity index (χ3n) is 2.90. The Morgan fingerprint density at radius 3 is 2.70 bits per heavy atom. The summed E-state index contributed by atoms with van der Waals surface area (Å²) >= 11 is 0. The highest BCUT2D eigenvalue weighted by Gasteiger charge is 2.10. The third kappa shape index (κ3) is 5.26. The summed E-state index contributed by atoms with van der Waals surface area (Å²) in [6.07, 6.45) is 0.384. The van der Waals surface area contributed by atoms with Crippen molar-refractivity contribution in [2.24, 2.45) is 0 Å². The average Bonchev–Trinajstić information content (AvgIpc) is 2.37. The van der Waals surface area contributed by atoms with Gasteiger partial charge < -0.3 is 15.7 Å². The van der Waals surface area contributed by atoms with E-state index in [2.05, 4.69) is 10.6 Å². The van der Waals surface area contributed by atoms with Crippen molar-refractivity contribution in [2.75, 3.05) is 6.54 Å². The van der Waals surface area contributed by atoms with E-state index in [4.69, 9.17) is 5.11 Å². The van der Waals surface area contributed by atoms with Gasteiger partial charge in [0.1, 0.15) is 5.82 Å². The molecule has 0 aromatic heterocycles. The molecule has 1 aromatic rings. The van der Waals surface area contributed by atoms with Crippen molar-refractivity contribution >= 4 is 12.0 Å². The molecule has 5 nitrogen and oxygen atoms in total. The maximum Gasteiger partial charge on any atom is 0.315 e. The van der Waals surface area contributed by atoms with Crippen LogP contribution < -0.4 is 10.6 Å². The molecular weight excluding hydrogens is 263 g/mol. The summed E-state index contributed by atoms with van der Waals surface area (Å²) in [5.74, 6) is -1.20. The van der Waals surface area contributed by atoms with Crippen molar-refractivity contribution in [1.82, 2.24) is 10.6 Å². The fraction of sp³-hybridized carbons (Fsp3) is 0.429. The van der Waals surface area contributed by atoms with Crippen LogP contribution in [0.1, 0.15) is 36.9 Å². The monoisotopic (exact) mass is 282 g/mol. The van der Waals surface area contributed by atoms with E-state index < -0.39 is 12.0 Å². The number of carboxylic acid groups (broad SMARTS) is 1. The second-order valence-electron chi connectivity index (χ2n) is 4.63. The first-order valence-electron chi connectivity index (χ1n) is 6.42. The van der Waals surface area contributed by atoms with E-state index in [0.29, 0.717) is 17.5 Å². The van der Waals surface area contributed by atoms with E-state index in [0.717, 1.165) is 0 Å². The Labute approximate surface area is 117 Å². The molecule has 0 radical (unpaired) electrons. The minimum absolute atomic E-state index is 0.0129. The number of carboxylic acids is 1. The van der Waals surface area contributed by atoms with Crippen molar-refractivity contribution in [3.8, 4) is 0 Å². The first-order valence-corrected chi connectivity index (χ1v) is 6.42. The number of halogens is 1. The van der Waals surface area contributed by atoms with Gasteiger partial charge in [-0.05, 0) is 37.5 Å². The Kier molecular flexibility index (Phi) is 5.96. The summed E-state index contributed by atoms with van der Waals surface area (Å²) in [6.45, 7) is 3.71. The van der Waals surface area contributed by atoms with Crippen molar-refractivity contribution < 1.29 is 19.1 Å². The first-order chi connectivity index (χ1) is 9.40. The largest absolute Gasteiger partial charge is 0.481 e. The molecule has 1 atom stereocenters. The Balaban J connectivity index is 2.41. The van der Waals surface area contributed by atoms with Gasteiger partial charge >= 0.3 is 12.0 Å². The van der Waals surface area contributed by atoms with Crippen molar-refractivity contribution in [3.63, 3.8) is 0 Å². The molecule has 1 rings (SSSR count). The second kappa shape index (κ2) is 7.47. The summed E-state index contributed by atoms with van der Waals surface area (Å²) in [5, 5.41) is 13.7. The number of nitrogens with one attached hydrogen (secondary N) is 2. The van der Waals surface area contributed by atoms with Crippen LogP contribution in [0, 0.1) is 12.7 Å². The number of amides is 2. The smallest absolute Gasteiger partial charge is 0.315 e. The molecule has 0 bridgehead atoms. The van der Waals surface area contributed by atoms with Crippen LogP contribution >= 0.6 is 0 Å². The molecular formula is C14H19FN2O3. The standard InChI is InChI=1S/C14H19FN2O3/c1-9-5-6-11(8-12(9)15)10(2)17-14(20)16-7-3-4-13(18)19/h5-6,8,10H,3-4,7H2,1-2H3,(H,18,19)(H2,16,17,20). The van der Waals surface area contributed by atoms with Gasteiger partial charge in [0.25, 0.3) is 0 Å². The van der Waals surface area contributed by atoms with E-state index in [1.54, 1.807) is 26.0 Å². The molecule has 2 amide bonds. The van der Waals surface area contributed by atoms with Crippen LogP contribution in [0.25, 0.3) is 0 Å². The molecule has 3 N–H and O–H groups in total. The summed E-state index contributed by atoms with van der Waals surface area (Å²) < 4.78 is 13.4. The minimum atomic E-state index is -0.893. The zero-order valence-corrected chi connectivity index (χ0v) is 11.6. The van der Waals surface area contributed by atoms with Crippen LogP contribution in [0.15, 0.2) is 18.2 Å².